The quantitative estimate of drug-likeness (QED) is 0.781. The molecule has 1 rings (SSSR count). The van der Waals surface area contributed by atoms with Gasteiger partial charge in [-0.2, -0.15) is 0 Å². The number of nitrogens with one attached hydrogen (secondary N) is 1. The van der Waals surface area contributed by atoms with Crippen molar-refractivity contribution in [2.45, 2.75) is 27.7 Å². The average molecular weight is 293 g/mol. The van der Waals surface area contributed by atoms with Gasteiger partial charge in [-0.25, -0.2) is 4.79 Å². The summed E-state index contributed by atoms with van der Waals surface area (Å²) in [6, 6.07) is 5.58. The van der Waals surface area contributed by atoms with Crippen molar-refractivity contribution >= 4 is 11.9 Å². The summed E-state index contributed by atoms with van der Waals surface area (Å²) in [4.78, 5) is 22.9. The van der Waals surface area contributed by atoms with Gasteiger partial charge in [0, 0.05) is 6.54 Å². The van der Waals surface area contributed by atoms with E-state index in [2.05, 4.69) is 5.32 Å². The molecule has 0 spiro atoms. The molecule has 5 nitrogen and oxygen atoms in total. The zero-order valence-electron chi connectivity index (χ0n) is 13.1. The zero-order chi connectivity index (χ0) is 15.8. The van der Waals surface area contributed by atoms with Gasteiger partial charge in [0.1, 0.15) is 5.75 Å². The van der Waals surface area contributed by atoms with E-state index in [1.54, 1.807) is 6.07 Å². The summed E-state index contributed by atoms with van der Waals surface area (Å²) in [7, 11) is 0. The molecule has 0 unspecified atom stereocenters. The third-order valence-corrected chi connectivity index (χ3v) is 2.91. The van der Waals surface area contributed by atoms with Crippen LogP contribution in [0.1, 0.15) is 25.0 Å². The summed E-state index contributed by atoms with van der Waals surface area (Å²) in [5, 5.41) is 2.67. The maximum atomic E-state index is 11.5. The number of aryl methyl sites for hydroxylation is 2. The van der Waals surface area contributed by atoms with Gasteiger partial charge in [0.25, 0.3) is 5.91 Å². The van der Waals surface area contributed by atoms with E-state index in [-0.39, 0.29) is 19.1 Å². The lowest BCUT2D eigenvalue weighted by molar-refractivity contribution is -0.150. The van der Waals surface area contributed by atoms with Crippen molar-refractivity contribution in [3.8, 4) is 5.75 Å². The first-order chi connectivity index (χ1) is 9.88. The predicted octanol–water partition coefficient (Wildman–Crippen LogP) is 2.00. The second-order valence-corrected chi connectivity index (χ2v) is 5.39. The molecule has 0 saturated heterocycles. The topological polar surface area (TPSA) is 64.6 Å². The number of carbonyl (C=O) groups excluding carboxylic acids is 2. The zero-order valence-corrected chi connectivity index (χ0v) is 13.1. The van der Waals surface area contributed by atoms with Crippen LogP contribution in [0.5, 0.6) is 5.75 Å². The third kappa shape index (κ3) is 6.79. The molecule has 0 saturated carbocycles. The minimum Gasteiger partial charge on any atom is -0.482 e. The normalized spacial score (nSPS) is 10.3. The molecule has 0 aromatic heterocycles. The smallest absolute Gasteiger partial charge is 0.344 e. The maximum Gasteiger partial charge on any atom is 0.344 e. The average Bonchev–Trinajstić information content (AvgIpc) is 2.44. The molecule has 116 valence electrons. The van der Waals surface area contributed by atoms with Crippen molar-refractivity contribution < 1.29 is 19.1 Å². The van der Waals surface area contributed by atoms with Gasteiger partial charge < -0.3 is 14.8 Å². The Kier molecular flexibility index (Phi) is 6.72. The molecule has 5 heteroatoms. The van der Waals surface area contributed by atoms with E-state index in [1.165, 1.54) is 0 Å². The molecule has 0 aliphatic heterocycles. The molecule has 0 atom stereocenters. The fourth-order valence-electron chi connectivity index (χ4n) is 1.50. The maximum absolute atomic E-state index is 11.5. The molecule has 0 fully saturated rings. The van der Waals surface area contributed by atoms with Gasteiger partial charge in [0.05, 0.1) is 0 Å². The van der Waals surface area contributed by atoms with Gasteiger partial charge >= 0.3 is 5.97 Å². The number of carbonyl (C=O) groups is 2. The van der Waals surface area contributed by atoms with Crippen LogP contribution in [-0.2, 0) is 14.3 Å². The molecule has 1 amide bonds. The Balaban J connectivity index is 2.27. The molecule has 1 aromatic rings. The number of ether oxygens (including phenoxy) is 2. The first-order valence-corrected chi connectivity index (χ1v) is 7.01. The predicted molar refractivity (Wildman–Crippen MR) is 80.2 cm³/mol. The molecular formula is C16H23NO4. The minimum absolute atomic E-state index is 0.208. The fraction of sp³-hybridized carbons (Fsp3) is 0.500. The van der Waals surface area contributed by atoms with Crippen LogP contribution in [0.4, 0.5) is 0 Å². The molecule has 21 heavy (non-hydrogen) atoms. The van der Waals surface area contributed by atoms with Crippen LogP contribution in [0, 0.1) is 19.8 Å². The van der Waals surface area contributed by atoms with Gasteiger partial charge in [0.2, 0.25) is 0 Å². The van der Waals surface area contributed by atoms with E-state index in [9.17, 15) is 9.59 Å². The number of rotatable bonds is 7. The fourth-order valence-corrected chi connectivity index (χ4v) is 1.50. The van der Waals surface area contributed by atoms with Crippen molar-refractivity contribution in [2.75, 3.05) is 19.8 Å². The monoisotopic (exact) mass is 293 g/mol. The molecular weight excluding hydrogens is 270 g/mol. The van der Waals surface area contributed by atoms with Crippen LogP contribution in [0.25, 0.3) is 0 Å². The van der Waals surface area contributed by atoms with E-state index in [0.29, 0.717) is 18.2 Å². The molecule has 0 heterocycles. The highest BCUT2D eigenvalue weighted by Crippen LogP contribution is 2.16. The number of amides is 1. The van der Waals surface area contributed by atoms with Crippen molar-refractivity contribution in [2.24, 2.45) is 5.92 Å². The number of hydrogen-bond donors (Lipinski definition) is 1. The van der Waals surface area contributed by atoms with Crippen molar-refractivity contribution in [3.63, 3.8) is 0 Å². The Morgan fingerprint density at radius 1 is 1.14 bits per heavy atom. The Hall–Kier alpha value is -2.04. The molecule has 0 aliphatic carbocycles. The van der Waals surface area contributed by atoms with Crippen LogP contribution in [0.3, 0.4) is 0 Å². The van der Waals surface area contributed by atoms with Gasteiger partial charge in [-0.15, -0.1) is 0 Å². The second-order valence-electron chi connectivity index (χ2n) is 5.39. The van der Waals surface area contributed by atoms with Gasteiger partial charge in [-0.3, -0.25) is 4.79 Å². The summed E-state index contributed by atoms with van der Waals surface area (Å²) < 4.78 is 10.2. The minimum atomic E-state index is -0.562. The Labute approximate surface area is 125 Å². The van der Waals surface area contributed by atoms with Crippen molar-refractivity contribution in [1.29, 1.82) is 0 Å². The Morgan fingerprint density at radius 2 is 1.86 bits per heavy atom. The standard InChI is InChI=1S/C16H23NO4/c1-11(2)8-17-15(18)9-21-16(19)10-20-14-6-5-12(3)13(4)7-14/h5-7,11H,8-10H2,1-4H3,(H,17,18). The van der Waals surface area contributed by atoms with E-state index in [0.717, 1.165) is 11.1 Å². The Morgan fingerprint density at radius 3 is 2.48 bits per heavy atom. The lowest BCUT2D eigenvalue weighted by Gasteiger charge is -2.09. The van der Waals surface area contributed by atoms with Gasteiger partial charge in [-0.1, -0.05) is 19.9 Å². The second kappa shape index (κ2) is 8.29. The summed E-state index contributed by atoms with van der Waals surface area (Å²) in [5.74, 6) is 0.105. The van der Waals surface area contributed by atoms with Crippen LogP contribution < -0.4 is 10.1 Å². The van der Waals surface area contributed by atoms with E-state index in [4.69, 9.17) is 9.47 Å². The van der Waals surface area contributed by atoms with Crippen LogP contribution in [0.2, 0.25) is 0 Å². The largest absolute Gasteiger partial charge is 0.482 e. The SMILES string of the molecule is Cc1ccc(OCC(=O)OCC(=O)NCC(C)C)cc1C. The van der Waals surface area contributed by atoms with Gasteiger partial charge in [0.15, 0.2) is 13.2 Å². The van der Waals surface area contributed by atoms with Crippen LogP contribution in [0.15, 0.2) is 18.2 Å². The lowest BCUT2D eigenvalue weighted by atomic mass is 10.1. The van der Waals surface area contributed by atoms with E-state index in [1.807, 2.05) is 39.8 Å². The highest BCUT2D eigenvalue weighted by Gasteiger charge is 2.09. The molecule has 0 aliphatic rings. The molecule has 0 radical (unpaired) electrons. The summed E-state index contributed by atoms with van der Waals surface area (Å²) in [5.41, 5.74) is 2.25. The number of esters is 1. The summed E-state index contributed by atoms with van der Waals surface area (Å²) >= 11 is 0. The highest BCUT2D eigenvalue weighted by atomic mass is 16.6. The van der Waals surface area contributed by atoms with Crippen molar-refractivity contribution in [1.82, 2.24) is 5.32 Å². The van der Waals surface area contributed by atoms with Crippen LogP contribution in [-0.4, -0.2) is 31.6 Å². The van der Waals surface area contributed by atoms with E-state index >= 15 is 0 Å². The highest BCUT2D eigenvalue weighted by molar-refractivity contribution is 5.80. The molecule has 1 aromatic carbocycles. The Bertz CT molecular complexity index is 497. The third-order valence-electron chi connectivity index (χ3n) is 2.91. The first kappa shape index (κ1) is 17.0. The molecule has 0 bridgehead atoms. The first-order valence-electron chi connectivity index (χ1n) is 7.01. The summed E-state index contributed by atoms with van der Waals surface area (Å²) in [6.45, 7) is 8.04. The lowest BCUT2D eigenvalue weighted by Crippen LogP contribution is -2.32. The van der Waals surface area contributed by atoms with Crippen molar-refractivity contribution in [3.05, 3.63) is 29.3 Å². The van der Waals surface area contributed by atoms with Gasteiger partial charge in [-0.05, 0) is 43.0 Å². The molecule has 1 N–H and O–H groups in total. The number of benzene rings is 1. The number of hydrogen-bond acceptors (Lipinski definition) is 4. The van der Waals surface area contributed by atoms with Crippen LogP contribution >= 0.6 is 0 Å². The van der Waals surface area contributed by atoms with E-state index < -0.39 is 5.97 Å². The summed E-state index contributed by atoms with van der Waals surface area (Å²) in [6.07, 6.45) is 0.